The molecular weight excluding hydrogens is 260 g/mol. The fourth-order valence-electron chi connectivity index (χ4n) is 3.23. The first-order valence-electron chi connectivity index (χ1n) is 7.88. The molecule has 1 aliphatic carbocycles. The zero-order chi connectivity index (χ0) is 14.2. The zero-order valence-electron chi connectivity index (χ0n) is 12.5. The number of para-hydroxylation sites is 1. The summed E-state index contributed by atoms with van der Waals surface area (Å²) in [6.45, 7) is 5.19. The van der Waals surface area contributed by atoms with Crippen molar-refractivity contribution in [1.82, 2.24) is 14.9 Å². The van der Waals surface area contributed by atoms with Gasteiger partial charge in [-0.3, -0.25) is 0 Å². The van der Waals surface area contributed by atoms with Crippen LogP contribution >= 0.6 is 0 Å². The van der Waals surface area contributed by atoms with E-state index in [1.165, 1.54) is 29.8 Å². The fourth-order valence-corrected chi connectivity index (χ4v) is 3.23. The Balaban J connectivity index is 1.64. The molecule has 1 aromatic carbocycles. The first-order valence-corrected chi connectivity index (χ1v) is 7.88. The number of hydrogen-bond donors (Lipinski definition) is 1. The lowest BCUT2D eigenvalue weighted by Crippen LogP contribution is -2.36. The molecular formula is C17H22N4. The molecule has 0 saturated heterocycles. The number of nitrogens with zero attached hydrogens (tertiary/aromatic N) is 3. The van der Waals surface area contributed by atoms with Crippen molar-refractivity contribution in [2.24, 2.45) is 0 Å². The van der Waals surface area contributed by atoms with Gasteiger partial charge in [-0.05, 0) is 31.4 Å². The summed E-state index contributed by atoms with van der Waals surface area (Å²) in [5, 5.41) is 3.60. The van der Waals surface area contributed by atoms with Crippen molar-refractivity contribution in [2.45, 2.75) is 44.9 Å². The average molecular weight is 282 g/mol. The van der Waals surface area contributed by atoms with Gasteiger partial charge >= 0.3 is 0 Å². The van der Waals surface area contributed by atoms with E-state index >= 15 is 0 Å². The van der Waals surface area contributed by atoms with Crippen LogP contribution in [0.25, 0.3) is 0 Å². The van der Waals surface area contributed by atoms with E-state index in [0.29, 0.717) is 12.1 Å². The van der Waals surface area contributed by atoms with Crippen LogP contribution in [0.2, 0.25) is 0 Å². The van der Waals surface area contributed by atoms with Gasteiger partial charge in [0.15, 0.2) is 0 Å². The average Bonchev–Trinajstić information content (AvgIpc) is 3.26. The number of imidazole rings is 1. The second kappa shape index (κ2) is 5.19. The first kappa shape index (κ1) is 12.9. The van der Waals surface area contributed by atoms with Gasteiger partial charge in [0, 0.05) is 37.1 Å². The van der Waals surface area contributed by atoms with E-state index in [1.807, 2.05) is 12.5 Å². The topological polar surface area (TPSA) is 33.1 Å². The largest absolute Gasteiger partial charge is 0.364 e. The van der Waals surface area contributed by atoms with Crippen molar-refractivity contribution in [3.05, 3.63) is 48.0 Å². The molecule has 1 unspecified atom stereocenters. The Labute approximate surface area is 125 Å². The summed E-state index contributed by atoms with van der Waals surface area (Å²) < 4.78 is 2.37. The maximum atomic E-state index is 4.37. The lowest BCUT2D eigenvalue weighted by atomic mass is 10.1. The highest BCUT2D eigenvalue weighted by molar-refractivity contribution is 5.54. The molecule has 0 amide bonds. The monoisotopic (exact) mass is 282 g/mol. The van der Waals surface area contributed by atoms with E-state index in [9.17, 15) is 0 Å². The summed E-state index contributed by atoms with van der Waals surface area (Å²) in [6.07, 6.45) is 6.64. The van der Waals surface area contributed by atoms with Crippen LogP contribution in [0.1, 0.15) is 37.1 Å². The van der Waals surface area contributed by atoms with E-state index in [4.69, 9.17) is 0 Å². The molecule has 1 atom stereocenters. The van der Waals surface area contributed by atoms with E-state index in [2.05, 4.69) is 51.0 Å². The highest BCUT2D eigenvalue weighted by atomic mass is 15.2. The Morgan fingerprint density at radius 2 is 2.14 bits per heavy atom. The standard InChI is InChI=1S/C17H22N4/c1-13-10-20(17-5-3-2-4-14(17)8-19-13)11-16-9-18-12-21(16)15-6-7-15/h2-5,9,12-13,15,19H,6-8,10-11H2,1H3. The van der Waals surface area contributed by atoms with Gasteiger partial charge in [0.05, 0.1) is 18.6 Å². The van der Waals surface area contributed by atoms with Crippen LogP contribution in [-0.2, 0) is 13.1 Å². The van der Waals surface area contributed by atoms with Crippen molar-refractivity contribution >= 4 is 5.69 Å². The fraction of sp³-hybridized carbons (Fsp3) is 0.471. The molecule has 4 heteroatoms. The predicted octanol–water partition coefficient (Wildman–Crippen LogP) is 2.72. The third-order valence-electron chi connectivity index (χ3n) is 4.51. The van der Waals surface area contributed by atoms with Gasteiger partial charge < -0.3 is 14.8 Å². The van der Waals surface area contributed by atoms with Crippen molar-refractivity contribution in [3.63, 3.8) is 0 Å². The molecule has 110 valence electrons. The van der Waals surface area contributed by atoms with Crippen LogP contribution in [0.4, 0.5) is 5.69 Å². The summed E-state index contributed by atoms with van der Waals surface area (Å²) in [4.78, 5) is 6.86. The van der Waals surface area contributed by atoms with Gasteiger partial charge in [-0.1, -0.05) is 18.2 Å². The quantitative estimate of drug-likeness (QED) is 0.939. The van der Waals surface area contributed by atoms with Crippen LogP contribution in [0.3, 0.4) is 0 Å². The van der Waals surface area contributed by atoms with Crippen LogP contribution in [0.5, 0.6) is 0 Å². The number of benzene rings is 1. The second-order valence-electron chi connectivity index (χ2n) is 6.31. The van der Waals surface area contributed by atoms with Gasteiger partial charge in [-0.25, -0.2) is 4.98 Å². The third-order valence-corrected chi connectivity index (χ3v) is 4.51. The molecule has 1 fully saturated rings. The van der Waals surface area contributed by atoms with Crippen LogP contribution in [0, 0.1) is 0 Å². The smallest absolute Gasteiger partial charge is 0.0951 e. The van der Waals surface area contributed by atoms with Gasteiger partial charge in [0.25, 0.3) is 0 Å². The minimum atomic E-state index is 0.495. The molecule has 0 radical (unpaired) electrons. The number of anilines is 1. The van der Waals surface area contributed by atoms with E-state index in [1.54, 1.807) is 0 Å². The number of rotatable bonds is 3. The normalized spacial score (nSPS) is 22.0. The minimum Gasteiger partial charge on any atom is -0.364 e. The molecule has 0 bridgehead atoms. The summed E-state index contributed by atoms with van der Waals surface area (Å²) in [6, 6.07) is 9.93. The van der Waals surface area contributed by atoms with Crippen molar-refractivity contribution in [2.75, 3.05) is 11.4 Å². The van der Waals surface area contributed by atoms with Crippen LogP contribution in [0.15, 0.2) is 36.8 Å². The van der Waals surface area contributed by atoms with Crippen LogP contribution in [-0.4, -0.2) is 22.1 Å². The van der Waals surface area contributed by atoms with E-state index < -0.39 is 0 Å². The maximum absolute atomic E-state index is 4.37. The third kappa shape index (κ3) is 2.56. The van der Waals surface area contributed by atoms with Gasteiger partial charge in [-0.15, -0.1) is 0 Å². The first-order chi connectivity index (χ1) is 10.3. The molecule has 1 N–H and O–H groups in total. The summed E-state index contributed by atoms with van der Waals surface area (Å²) in [7, 11) is 0. The van der Waals surface area contributed by atoms with Crippen LogP contribution < -0.4 is 10.2 Å². The van der Waals surface area contributed by atoms with Crippen molar-refractivity contribution in [1.29, 1.82) is 0 Å². The maximum Gasteiger partial charge on any atom is 0.0951 e. The van der Waals surface area contributed by atoms with E-state index in [0.717, 1.165) is 19.6 Å². The Kier molecular flexibility index (Phi) is 3.19. The molecule has 1 aromatic heterocycles. The highest BCUT2D eigenvalue weighted by Crippen LogP contribution is 2.36. The second-order valence-corrected chi connectivity index (χ2v) is 6.31. The van der Waals surface area contributed by atoms with Gasteiger partial charge in [0.1, 0.15) is 0 Å². The Morgan fingerprint density at radius 3 is 3.00 bits per heavy atom. The number of fused-ring (bicyclic) bond motifs is 1. The molecule has 1 aliphatic heterocycles. The number of nitrogens with one attached hydrogen (secondary N) is 1. The minimum absolute atomic E-state index is 0.495. The van der Waals surface area contributed by atoms with E-state index in [-0.39, 0.29) is 0 Å². The molecule has 1 saturated carbocycles. The lowest BCUT2D eigenvalue weighted by Gasteiger charge is -2.26. The molecule has 2 aromatic rings. The molecule has 2 heterocycles. The summed E-state index contributed by atoms with van der Waals surface area (Å²) in [5.41, 5.74) is 4.08. The van der Waals surface area contributed by atoms with Gasteiger partial charge in [-0.2, -0.15) is 0 Å². The predicted molar refractivity (Wildman–Crippen MR) is 84.3 cm³/mol. The Bertz CT molecular complexity index is 629. The Morgan fingerprint density at radius 1 is 1.29 bits per heavy atom. The molecule has 4 rings (SSSR count). The zero-order valence-corrected chi connectivity index (χ0v) is 12.5. The number of hydrogen-bond acceptors (Lipinski definition) is 3. The SMILES string of the molecule is CC1CN(Cc2cncn2C2CC2)c2ccccc2CN1. The highest BCUT2D eigenvalue weighted by Gasteiger charge is 2.26. The lowest BCUT2D eigenvalue weighted by molar-refractivity contribution is 0.547. The summed E-state index contributed by atoms with van der Waals surface area (Å²) in [5.74, 6) is 0. The molecule has 2 aliphatic rings. The van der Waals surface area contributed by atoms with Crippen molar-refractivity contribution < 1.29 is 0 Å². The van der Waals surface area contributed by atoms with Crippen molar-refractivity contribution in [3.8, 4) is 0 Å². The molecule has 0 spiro atoms. The Hall–Kier alpha value is -1.81. The molecule has 4 nitrogen and oxygen atoms in total. The molecule has 21 heavy (non-hydrogen) atoms. The van der Waals surface area contributed by atoms with Gasteiger partial charge in [0.2, 0.25) is 0 Å². The summed E-state index contributed by atoms with van der Waals surface area (Å²) >= 11 is 0. The number of aromatic nitrogens is 2.